The van der Waals surface area contributed by atoms with Crippen LogP contribution in [0, 0.1) is 0 Å². The Balaban J connectivity index is 1.17. The quantitative estimate of drug-likeness (QED) is 0.423. The van der Waals surface area contributed by atoms with Gasteiger partial charge in [-0.15, -0.1) is 10.2 Å². The molecule has 2 heterocycles. The highest BCUT2D eigenvalue weighted by molar-refractivity contribution is 7.89. The second-order valence-corrected chi connectivity index (χ2v) is 10.1. The van der Waals surface area contributed by atoms with Gasteiger partial charge >= 0.3 is 0 Å². The first-order valence-corrected chi connectivity index (χ1v) is 12.6. The van der Waals surface area contributed by atoms with Crippen molar-refractivity contribution in [3.63, 3.8) is 0 Å². The van der Waals surface area contributed by atoms with Gasteiger partial charge in [-0.05, 0) is 35.0 Å². The van der Waals surface area contributed by atoms with Crippen LogP contribution in [-0.2, 0) is 21.2 Å². The molecule has 8 nitrogen and oxygen atoms in total. The minimum Gasteiger partial charge on any atom is -0.421 e. The third-order valence-electron chi connectivity index (χ3n) is 5.99. The number of amides is 1. The van der Waals surface area contributed by atoms with Gasteiger partial charge in [0.1, 0.15) is 0 Å². The number of carbonyl (C=O) groups is 1. The molecule has 0 saturated carbocycles. The van der Waals surface area contributed by atoms with Crippen LogP contribution in [0.1, 0.15) is 12.3 Å². The normalized spacial score (nSPS) is 15.0. The second kappa shape index (κ2) is 9.36. The summed E-state index contributed by atoms with van der Waals surface area (Å²) < 4.78 is 33.4. The lowest BCUT2D eigenvalue weighted by molar-refractivity contribution is -0.132. The maximum Gasteiger partial charge on any atom is 0.247 e. The van der Waals surface area contributed by atoms with Gasteiger partial charge in [0.15, 0.2) is 0 Å². The average Bonchev–Trinajstić information content (AvgIpc) is 3.37. The van der Waals surface area contributed by atoms with Crippen molar-refractivity contribution >= 4 is 26.7 Å². The molecule has 4 aromatic rings. The molecule has 0 unspecified atom stereocenters. The zero-order valence-corrected chi connectivity index (χ0v) is 19.3. The molecule has 0 N–H and O–H groups in total. The molecule has 0 spiro atoms. The first-order valence-electron chi connectivity index (χ1n) is 11.2. The van der Waals surface area contributed by atoms with Crippen molar-refractivity contribution in [2.75, 3.05) is 26.2 Å². The predicted octanol–water partition coefficient (Wildman–Crippen LogP) is 3.36. The third kappa shape index (κ3) is 4.57. The van der Waals surface area contributed by atoms with Crippen LogP contribution in [0.15, 0.2) is 82.1 Å². The summed E-state index contributed by atoms with van der Waals surface area (Å²) in [5.74, 6) is 0.780. The summed E-state index contributed by atoms with van der Waals surface area (Å²) >= 11 is 0. The molecule has 1 saturated heterocycles. The van der Waals surface area contributed by atoms with Crippen molar-refractivity contribution in [3.8, 4) is 11.5 Å². The van der Waals surface area contributed by atoms with Gasteiger partial charge in [0.2, 0.25) is 27.7 Å². The predicted molar refractivity (Wildman–Crippen MR) is 127 cm³/mol. The molecule has 0 atom stereocenters. The van der Waals surface area contributed by atoms with Crippen LogP contribution < -0.4 is 0 Å². The van der Waals surface area contributed by atoms with Gasteiger partial charge in [-0.25, -0.2) is 8.42 Å². The Labute approximate surface area is 197 Å². The van der Waals surface area contributed by atoms with E-state index in [2.05, 4.69) is 10.2 Å². The fourth-order valence-electron chi connectivity index (χ4n) is 4.08. The molecule has 1 aromatic heterocycles. The van der Waals surface area contributed by atoms with Crippen molar-refractivity contribution in [3.05, 3.63) is 78.7 Å². The number of sulfonamides is 1. The van der Waals surface area contributed by atoms with Crippen molar-refractivity contribution in [1.82, 2.24) is 19.4 Å². The average molecular weight is 477 g/mol. The molecule has 1 amide bonds. The van der Waals surface area contributed by atoms with Crippen molar-refractivity contribution < 1.29 is 17.6 Å². The highest BCUT2D eigenvalue weighted by Gasteiger charge is 2.30. The Morgan fingerprint density at radius 3 is 2.32 bits per heavy atom. The van der Waals surface area contributed by atoms with Crippen molar-refractivity contribution in [2.24, 2.45) is 0 Å². The van der Waals surface area contributed by atoms with Crippen molar-refractivity contribution in [1.29, 1.82) is 0 Å². The molecule has 1 fully saturated rings. The molecule has 9 heteroatoms. The number of hydrogen-bond acceptors (Lipinski definition) is 6. The molecule has 3 aromatic carbocycles. The number of carbonyl (C=O) groups excluding carboxylic acids is 1. The number of nitrogens with zero attached hydrogens (tertiary/aromatic N) is 4. The zero-order valence-electron chi connectivity index (χ0n) is 18.5. The molecule has 34 heavy (non-hydrogen) atoms. The summed E-state index contributed by atoms with van der Waals surface area (Å²) in [7, 11) is -3.62. The van der Waals surface area contributed by atoms with E-state index in [0.29, 0.717) is 31.3 Å². The van der Waals surface area contributed by atoms with Crippen LogP contribution >= 0.6 is 0 Å². The number of benzene rings is 3. The van der Waals surface area contributed by atoms with E-state index in [9.17, 15) is 13.2 Å². The van der Waals surface area contributed by atoms with Crippen molar-refractivity contribution in [2.45, 2.75) is 17.7 Å². The minimum absolute atomic E-state index is 0.0535. The first-order chi connectivity index (χ1) is 16.5. The Morgan fingerprint density at radius 2 is 1.56 bits per heavy atom. The van der Waals surface area contributed by atoms with E-state index >= 15 is 0 Å². The van der Waals surface area contributed by atoms with Crippen LogP contribution in [0.25, 0.3) is 22.2 Å². The molecule has 0 aliphatic carbocycles. The molecular formula is C25H24N4O4S. The number of aryl methyl sites for hydroxylation is 1. The summed E-state index contributed by atoms with van der Waals surface area (Å²) in [4.78, 5) is 14.7. The lowest BCUT2D eigenvalue weighted by Crippen LogP contribution is -2.50. The maximum absolute atomic E-state index is 13.1. The van der Waals surface area contributed by atoms with Crippen LogP contribution in [0.3, 0.4) is 0 Å². The Morgan fingerprint density at radius 1 is 0.853 bits per heavy atom. The highest BCUT2D eigenvalue weighted by atomic mass is 32.2. The summed E-state index contributed by atoms with van der Waals surface area (Å²) in [6.45, 7) is 1.23. The van der Waals surface area contributed by atoms with E-state index in [1.807, 2.05) is 60.7 Å². The van der Waals surface area contributed by atoms with Crippen LogP contribution in [0.5, 0.6) is 0 Å². The van der Waals surface area contributed by atoms with Gasteiger partial charge in [-0.1, -0.05) is 48.5 Å². The summed E-state index contributed by atoms with van der Waals surface area (Å²) in [5, 5.41) is 9.96. The van der Waals surface area contributed by atoms with Gasteiger partial charge in [0, 0.05) is 44.6 Å². The molecule has 0 bridgehead atoms. The zero-order chi connectivity index (χ0) is 23.5. The Kier molecular flexibility index (Phi) is 6.12. The topological polar surface area (TPSA) is 96.6 Å². The largest absolute Gasteiger partial charge is 0.421 e. The van der Waals surface area contributed by atoms with E-state index < -0.39 is 10.0 Å². The molecule has 174 valence electrons. The molecule has 0 radical (unpaired) electrons. The molecular weight excluding hydrogens is 452 g/mol. The van der Waals surface area contributed by atoms with Gasteiger partial charge in [-0.2, -0.15) is 4.31 Å². The molecule has 1 aliphatic rings. The van der Waals surface area contributed by atoms with Crippen LogP contribution in [-0.4, -0.2) is 59.9 Å². The lowest BCUT2D eigenvalue weighted by Gasteiger charge is -2.34. The fraction of sp³-hybridized carbons (Fsp3) is 0.240. The minimum atomic E-state index is -3.62. The van der Waals surface area contributed by atoms with E-state index in [1.165, 1.54) is 4.31 Å². The van der Waals surface area contributed by atoms with Gasteiger partial charge < -0.3 is 9.32 Å². The highest BCUT2D eigenvalue weighted by Crippen LogP contribution is 2.23. The Hall–Kier alpha value is -3.56. The van der Waals surface area contributed by atoms with Gasteiger partial charge in [0.05, 0.1) is 4.90 Å². The second-order valence-electron chi connectivity index (χ2n) is 8.16. The van der Waals surface area contributed by atoms with Gasteiger partial charge in [-0.3, -0.25) is 4.79 Å². The number of rotatable bonds is 6. The fourth-order valence-corrected chi connectivity index (χ4v) is 5.54. The van der Waals surface area contributed by atoms with E-state index in [1.54, 1.807) is 17.0 Å². The lowest BCUT2D eigenvalue weighted by atomic mass is 10.1. The number of hydrogen-bond donors (Lipinski definition) is 0. The van der Waals surface area contributed by atoms with E-state index in [4.69, 9.17) is 4.42 Å². The summed E-state index contributed by atoms with van der Waals surface area (Å²) in [5.41, 5.74) is 0.830. The summed E-state index contributed by atoms with van der Waals surface area (Å²) in [6, 6.07) is 22.3. The number of fused-ring (bicyclic) bond motifs is 1. The third-order valence-corrected chi connectivity index (χ3v) is 7.89. The molecule has 1 aliphatic heterocycles. The van der Waals surface area contributed by atoms with Crippen LogP contribution in [0.4, 0.5) is 0 Å². The number of piperazine rings is 1. The molecule has 5 rings (SSSR count). The first kappa shape index (κ1) is 22.2. The van der Waals surface area contributed by atoms with E-state index in [0.717, 1.165) is 16.3 Å². The van der Waals surface area contributed by atoms with E-state index in [-0.39, 0.29) is 30.3 Å². The number of aromatic nitrogens is 2. The Bertz CT molecular complexity index is 1410. The smallest absolute Gasteiger partial charge is 0.247 e. The standard InChI is InChI=1S/C25H24N4O4S/c30-24(13-12-23-26-27-25(33-23)20-7-2-1-3-8-20)28-14-16-29(17-15-28)34(31,32)22-11-10-19-6-4-5-9-21(19)18-22/h1-11,18H,12-17H2. The maximum atomic E-state index is 13.1. The monoisotopic (exact) mass is 476 g/mol. The SMILES string of the molecule is O=C(CCc1nnc(-c2ccccc2)o1)N1CCN(S(=O)(=O)c2ccc3ccccc3c2)CC1. The van der Waals surface area contributed by atoms with Gasteiger partial charge in [0.25, 0.3) is 0 Å². The summed E-state index contributed by atoms with van der Waals surface area (Å²) in [6.07, 6.45) is 0.572. The van der Waals surface area contributed by atoms with Crippen LogP contribution in [0.2, 0.25) is 0 Å².